The second kappa shape index (κ2) is 7.17. The number of piperidine rings is 1. The number of benzene rings is 1. The predicted molar refractivity (Wildman–Crippen MR) is 89.8 cm³/mol. The molecule has 3 nitrogen and oxygen atoms in total. The highest BCUT2D eigenvalue weighted by atomic mass is 32.1. The molecule has 25 heavy (non-hydrogen) atoms. The van der Waals surface area contributed by atoms with Crippen LogP contribution in [0.3, 0.4) is 0 Å². The first kappa shape index (κ1) is 17.9. The normalized spacial score (nSPS) is 21.1. The molecule has 0 aliphatic carbocycles. The second-order valence-electron chi connectivity index (χ2n) is 6.08. The third-order valence-electron chi connectivity index (χ3n) is 4.51. The monoisotopic (exact) mass is 369 g/mol. The van der Waals surface area contributed by atoms with Crippen LogP contribution in [0, 0.1) is 0 Å². The SMILES string of the molecule is COC(=O)c1ccc([C@@H]2CC(c3csc(C(F)(F)F)c3)CCN2)cc1. The van der Waals surface area contributed by atoms with Crippen molar-refractivity contribution >= 4 is 17.3 Å². The molecule has 7 heteroatoms. The number of methoxy groups -OCH3 is 1. The molecule has 1 aromatic heterocycles. The van der Waals surface area contributed by atoms with Crippen molar-refractivity contribution in [1.29, 1.82) is 0 Å². The Morgan fingerprint density at radius 3 is 2.56 bits per heavy atom. The highest BCUT2D eigenvalue weighted by Crippen LogP contribution is 2.40. The maximum atomic E-state index is 12.8. The summed E-state index contributed by atoms with van der Waals surface area (Å²) >= 11 is 0.758. The van der Waals surface area contributed by atoms with Crippen LogP contribution in [0.4, 0.5) is 13.2 Å². The summed E-state index contributed by atoms with van der Waals surface area (Å²) in [6.45, 7) is 0.741. The number of thiophene rings is 1. The molecule has 2 heterocycles. The van der Waals surface area contributed by atoms with E-state index in [4.69, 9.17) is 0 Å². The van der Waals surface area contributed by atoms with Gasteiger partial charge in [0.2, 0.25) is 0 Å². The van der Waals surface area contributed by atoms with Gasteiger partial charge in [-0.2, -0.15) is 13.2 Å². The van der Waals surface area contributed by atoms with Gasteiger partial charge in [0, 0.05) is 6.04 Å². The summed E-state index contributed by atoms with van der Waals surface area (Å²) in [5, 5.41) is 5.02. The molecule has 3 rings (SSSR count). The third kappa shape index (κ3) is 4.04. The van der Waals surface area contributed by atoms with Crippen LogP contribution >= 0.6 is 11.3 Å². The van der Waals surface area contributed by atoms with E-state index in [-0.39, 0.29) is 17.9 Å². The molecule has 134 valence electrons. The van der Waals surface area contributed by atoms with Gasteiger partial charge in [-0.3, -0.25) is 0 Å². The van der Waals surface area contributed by atoms with Crippen LogP contribution in [0.15, 0.2) is 35.7 Å². The Hall–Kier alpha value is -1.86. The first-order valence-electron chi connectivity index (χ1n) is 7.95. The Bertz CT molecular complexity index is 740. The predicted octanol–water partition coefficient (Wildman–Crippen LogP) is 4.76. The number of esters is 1. The summed E-state index contributed by atoms with van der Waals surface area (Å²) in [5.74, 6) is -0.294. The highest BCUT2D eigenvalue weighted by Gasteiger charge is 2.34. The first-order valence-corrected chi connectivity index (χ1v) is 8.83. The lowest BCUT2D eigenvalue weighted by atomic mass is 9.85. The van der Waals surface area contributed by atoms with E-state index in [1.165, 1.54) is 13.2 Å². The zero-order chi connectivity index (χ0) is 18.0. The minimum atomic E-state index is -4.28. The van der Waals surface area contributed by atoms with Crippen molar-refractivity contribution in [1.82, 2.24) is 5.32 Å². The average Bonchev–Trinajstić information content (AvgIpc) is 3.12. The number of rotatable bonds is 3. The Kier molecular flexibility index (Phi) is 5.15. The molecule has 2 aromatic rings. The number of hydrogen-bond acceptors (Lipinski definition) is 4. The van der Waals surface area contributed by atoms with E-state index in [1.807, 2.05) is 12.1 Å². The van der Waals surface area contributed by atoms with Crippen LogP contribution in [-0.4, -0.2) is 19.6 Å². The van der Waals surface area contributed by atoms with Crippen LogP contribution in [-0.2, 0) is 10.9 Å². The Morgan fingerprint density at radius 2 is 1.96 bits per heavy atom. The van der Waals surface area contributed by atoms with Gasteiger partial charge in [-0.25, -0.2) is 4.79 Å². The molecule has 0 amide bonds. The summed E-state index contributed by atoms with van der Waals surface area (Å²) in [4.78, 5) is 11.0. The van der Waals surface area contributed by atoms with Gasteiger partial charge < -0.3 is 10.1 Å². The van der Waals surface area contributed by atoms with Crippen LogP contribution in [0.25, 0.3) is 0 Å². The fourth-order valence-electron chi connectivity index (χ4n) is 3.16. The highest BCUT2D eigenvalue weighted by molar-refractivity contribution is 7.10. The molecule has 0 spiro atoms. The molecule has 1 aromatic carbocycles. The van der Waals surface area contributed by atoms with Gasteiger partial charge in [-0.1, -0.05) is 12.1 Å². The van der Waals surface area contributed by atoms with Gasteiger partial charge >= 0.3 is 12.1 Å². The van der Waals surface area contributed by atoms with E-state index in [1.54, 1.807) is 17.5 Å². The number of halogens is 3. The lowest BCUT2D eigenvalue weighted by Gasteiger charge is -2.30. The number of ether oxygens (including phenoxy) is 1. The van der Waals surface area contributed by atoms with Crippen LogP contribution in [0.2, 0.25) is 0 Å². The van der Waals surface area contributed by atoms with E-state index in [9.17, 15) is 18.0 Å². The van der Waals surface area contributed by atoms with Gasteiger partial charge in [0.15, 0.2) is 0 Å². The topological polar surface area (TPSA) is 38.3 Å². The summed E-state index contributed by atoms with van der Waals surface area (Å²) in [6, 6.07) is 8.47. The molecule has 1 unspecified atom stereocenters. The summed E-state index contributed by atoms with van der Waals surface area (Å²) < 4.78 is 43.1. The maximum Gasteiger partial charge on any atom is 0.425 e. The molecule has 1 N–H and O–H groups in total. The average molecular weight is 369 g/mol. The lowest BCUT2D eigenvalue weighted by molar-refractivity contribution is -0.134. The first-order chi connectivity index (χ1) is 11.9. The van der Waals surface area contributed by atoms with Crippen molar-refractivity contribution in [2.75, 3.05) is 13.7 Å². The van der Waals surface area contributed by atoms with Crippen molar-refractivity contribution in [3.63, 3.8) is 0 Å². The second-order valence-corrected chi connectivity index (χ2v) is 6.99. The van der Waals surface area contributed by atoms with Crippen molar-refractivity contribution < 1.29 is 22.7 Å². The smallest absolute Gasteiger partial charge is 0.425 e. The fourth-order valence-corrected chi connectivity index (χ4v) is 4.02. The van der Waals surface area contributed by atoms with E-state index in [2.05, 4.69) is 10.1 Å². The molecule has 0 saturated carbocycles. The molecule has 0 radical (unpaired) electrons. The number of nitrogens with one attached hydrogen (secondary N) is 1. The van der Waals surface area contributed by atoms with Gasteiger partial charge in [0.25, 0.3) is 0 Å². The third-order valence-corrected chi connectivity index (χ3v) is 5.50. The van der Waals surface area contributed by atoms with Crippen molar-refractivity contribution in [3.05, 3.63) is 57.3 Å². The lowest BCUT2D eigenvalue weighted by Crippen LogP contribution is -2.30. The number of carbonyl (C=O) groups excluding carboxylic acids is 1. The van der Waals surface area contributed by atoms with E-state index in [0.717, 1.165) is 41.9 Å². The Labute approximate surface area is 147 Å². The largest absolute Gasteiger partial charge is 0.465 e. The summed E-state index contributed by atoms with van der Waals surface area (Å²) in [5.41, 5.74) is 2.25. The molecule has 2 atom stereocenters. The van der Waals surface area contributed by atoms with Crippen LogP contribution in [0.1, 0.15) is 51.2 Å². The summed E-state index contributed by atoms with van der Waals surface area (Å²) in [6.07, 6.45) is -2.74. The quantitative estimate of drug-likeness (QED) is 0.793. The molecule has 1 aliphatic rings. The summed E-state index contributed by atoms with van der Waals surface area (Å²) in [7, 11) is 1.33. The molecule has 1 aliphatic heterocycles. The van der Waals surface area contributed by atoms with E-state index >= 15 is 0 Å². The van der Waals surface area contributed by atoms with Crippen LogP contribution < -0.4 is 5.32 Å². The van der Waals surface area contributed by atoms with Crippen molar-refractivity contribution in [3.8, 4) is 0 Å². The molecule has 1 saturated heterocycles. The van der Waals surface area contributed by atoms with Gasteiger partial charge in [0.05, 0.1) is 12.7 Å². The fraction of sp³-hybridized carbons (Fsp3) is 0.389. The molecular formula is C18H18F3NO2S. The maximum absolute atomic E-state index is 12.8. The zero-order valence-corrected chi connectivity index (χ0v) is 14.4. The van der Waals surface area contributed by atoms with E-state index in [0.29, 0.717) is 5.56 Å². The van der Waals surface area contributed by atoms with E-state index < -0.39 is 11.1 Å². The van der Waals surface area contributed by atoms with Crippen LogP contribution in [0.5, 0.6) is 0 Å². The number of alkyl halides is 3. The van der Waals surface area contributed by atoms with Gasteiger partial charge in [-0.15, -0.1) is 11.3 Å². The Balaban J connectivity index is 1.73. The Morgan fingerprint density at radius 1 is 1.24 bits per heavy atom. The van der Waals surface area contributed by atoms with Crippen molar-refractivity contribution in [2.45, 2.75) is 31.0 Å². The number of carbonyl (C=O) groups is 1. The van der Waals surface area contributed by atoms with Gasteiger partial charge in [-0.05, 0) is 60.0 Å². The molecular weight excluding hydrogens is 351 g/mol. The molecule has 1 fully saturated rings. The minimum absolute atomic E-state index is 0.0553. The number of hydrogen-bond donors (Lipinski definition) is 1. The van der Waals surface area contributed by atoms with Gasteiger partial charge in [0.1, 0.15) is 4.88 Å². The molecule has 0 bridgehead atoms. The zero-order valence-electron chi connectivity index (χ0n) is 13.6. The standard InChI is InChI=1S/C18H18F3NO2S/c1-24-17(23)12-4-2-11(3-5-12)15-8-13(6-7-22-15)14-9-16(25-10-14)18(19,20)21/h2-5,9-10,13,15,22H,6-8H2,1H3/t13?,15-/m0/s1. The minimum Gasteiger partial charge on any atom is -0.465 e. The van der Waals surface area contributed by atoms with Crippen molar-refractivity contribution in [2.24, 2.45) is 0 Å².